The molecule has 0 aromatic carbocycles. The second-order valence-electron chi connectivity index (χ2n) is 3.35. The van der Waals surface area contributed by atoms with Gasteiger partial charge in [0.25, 0.3) is 0 Å². The summed E-state index contributed by atoms with van der Waals surface area (Å²) in [6.07, 6.45) is 0.711. The van der Waals surface area contributed by atoms with E-state index >= 15 is 0 Å². The van der Waals surface area contributed by atoms with E-state index in [1.54, 1.807) is 11.3 Å². The SMILES string of the molecule is Cc1cc(-c2ccc(Br)s2)nc(CCCl)n1. The summed E-state index contributed by atoms with van der Waals surface area (Å²) in [5.74, 6) is 1.37. The first-order valence-electron chi connectivity index (χ1n) is 4.85. The van der Waals surface area contributed by atoms with Crippen LogP contribution in [0.15, 0.2) is 22.0 Å². The zero-order chi connectivity index (χ0) is 11.5. The third kappa shape index (κ3) is 2.81. The molecule has 0 N–H and O–H groups in total. The van der Waals surface area contributed by atoms with E-state index in [9.17, 15) is 0 Å². The first-order valence-corrected chi connectivity index (χ1v) is 6.99. The summed E-state index contributed by atoms with van der Waals surface area (Å²) in [4.78, 5) is 10.0. The van der Waals surface area contributed by atoms with Crippen LogP contribution in [0.2, 0.25) is 0 Å². The molecule has 2 aromatic rings. The molecule has 0 spiro atoms. The predicted octanol–water partition coefficient (Wildman–Crippen LogP) is 4.06. The van der Waals surface area contributed by atoms with Crippen molar-refractivity contribution in [1.82, 2.24) is 9.97 Å². The molecule has 0 atom stereocenters. The fraction of sp³-hybridized carbons (Fsp3) is 0.273. The maximum Gasteiger partial charge on any atom is 0.130 e. The van der Waals surface area contributed by atoms with Gasteiger partial charge in [-0.15, -0.1) is 22.9 Å². The van der Waals surface area contributed by atoms with Gasteiger partial charge >= 0.3 is 0 Å². The van der Waals surface area contributed by atoms with Gasteiger partial charge in [-0.05, 0) is 41.1 Å². The Kier molecular flexibility index (Phi) is 3.95. The molecule has 0 saturated carbocycles. The maximum atomic E-state index is 5.71. The Balaban J connectivity index is 2.40. The quantitative estimate of drug-likeness (QED) is 0.798. The molecule has 2 heterocycles. The Bertz CT molecular complexity index is 498. The molecule has 0 aliphatic rings. The van der Waals surface area contributed by atoms with Crippen molar-refractivity contribution in [3.8, 4) is 10.6 Å². The third-order valence-electron chi connectivity index (χ3n) is 2.04. The summed E-state index contributed by atoms with van der Waals surface area (Å²) < 4.78 is 1.11. The smallest absolute Gasteiger partial charge is 0.130 e. The van der Waals surface area contributed by atoms with Gasteiger partial charge in [-0.2, -0.15) is 0 Å². The van der Waals surface area contributed by atoms with Gasteiger partial charge in [0, 0.05) is 18.0 Å². The number of aromatic nitrogens is 2. The van der Waals surface area contributed by atoms with Gasteiger partial charge < -0.3 is 0 Å². The van der Waals surface area contributed by atoms with Crippen molar-refractivity contribution < 1.29 is 0 Å². The largest absolute Gasteiger partial charge is 0.238 e. The Morgan fingerprint density at radius 3 is 2.81 bits per heavy atom. The van der Waals surface area contributed by atoms with Gasteiger partial charge in [0.2, 0.25) is 0 Å². The van der Waals surface area contributed by atoms with Crippen molar-refractivity contribution in [3.63, 3.8) is 0 Å². The van der Waals surface area contributed by atoms with Crippen LogP contribution in [0.3, 0.4) is 0 Å². The minimum atomic E-state index is 0.553. The standard InChI is InChI=1S/C11H10BrClN2S/c1-7-6-8(9-2-3-10(12)16-9)15-11(14-7)4-5-13/h2-3,6H,4-5H2,1H3. The highest BCUT2D eigenvalue weighted by Crippen LogP contribution is 2.30. The minimum absolute atomic E-state index is 0.553. The second-order valence-corrected chi connectivity index (χ2v) is 6.19. The summed E-state index contributed by atoms with van der Waals surface area (Å²) in [5.41, 5.74) is 1.96. The molecular weight excluding hydrogens is 308 g/mol. The first-order chi connectivity index (χ1) is 7.69. The van der Waals surface area contributed by atoms with E-state index in [2.05, 4.69) is 32.0 Å². The highest BCUT2D eigenvalue weighted by molar-refractivity contribution is 9.11. The molecule has 0 fully saturated rings. The fourth-order valence-electron chi connectivity index (χ4n) is 1.40. The number of alkyl halides is 1. The van der Waals surface area contributed by atoms with Crippen LogP contribution in [0, 0.1) is 6.92 Å². The molecule has 0 bridgehead atoms. The number of halogens is 2. The van der Waals surface area contributed by atoms with Gasteiger partial charge in [-0.3, -0.25) is 0 Å². The normalized spacial score (nSPS) is 10.7. The molecular formula is C11H10BrClN2S. The van der Waals surface area contributed by atoms with Gasteiger partial charge in [0.15, 0.2) is 0 Å². The number of hydrogen-bond donors (Lipinski definition) is 0. The molecule has 0 saturated heterocycles. The van der Waals surface area contributed by atoms with Gasteiger partial charge in [0.1, 0.15) is 5.82 Å². The van der Waals surface area contributed by atoms with Crippen molar-refractivity contribution in [2.45, 2.75) is 13.3 Å². The molecule has 0 unspecified atom stereocenters. The van der Waals surface area contributed by atoms with E-state index in [0.717, 1.165) is 25.9 Å². The Hall–Kier alpha value is -0.450. The highest BCUT2D eigenvalue weighted by Gasteiger charge is 2.06. The predicted molar refractivity (Wildman–Crippen MR) is 72.2 cm³/mol. The minimum Gasteiger partial charge on any atom is -0.238 e. The van der Waals surface area contributed by atoms with Crippen LogP contribution in [-0.4, -0.2) is 15.8 Å². The van der Waals surface area contributed by atoms with E-state index < -0.39 is 0 Å². The zero-order valence-corrected chi connectivity index (χ0v) is 11.9. The number of thiophene rings is 1. The van der Waals surface area contributed by atoms with Gasteiger partial charge in [0.05, 0.1) is 14.4 Å². The summed E-state index contributed by atoms with van der Waals surface area (Å²) in [7, 11) is 0. The maximum absolute atomic E-state index is 5.71. The Morgan fingerprint density at radius 1 is 1.38 bits per heavy atom. The van der Waals surface area contributed by atoms with E-state index in [1.807, 2.05) is 19.1 Å². The first kappa shape index (κ1) is 12.0. The molecule has 0 aliphatic heterocycles. The van der Waals surface area contributed by atoms with Gasteiger partial charge in [-0.1, -0.05) is 0 Å². The molecule has 2 nitrogen and oxygen atoms in total. The fourth-order valence-corrected chi connectivity index (χ4v) is 2.92. The molecule has 0 amide bonds. The van der Waals surface area contributed by atoms with E-state index in [-0.39, 0.29) is 0 Å². The third-order valence-corrected chi connectivity index (χ3v) is 3.88. The lowest BCUT2D eigenvalue weighted by atomic mass is 10.3. The van der Waals surface area contributed by atoms with E-state index in [0.29, 0.717) is 12.3 Å². The van der Waals surface area contributed by atoms with Crippen molar-refractivity contribution in [3.05, 3.63) is 33.5 Å². The van der Waals surface area contributed by atoms with Crippen molar-refractivity contribution in [1.29, 1.82) is 0 Å². The van der Waals surface area contributed by atoms with Crippen molar-refractivity contribution >= 4 is 38.9 Å². The Labute approximate surface area is 112 Å². The van der Waals surface area contributed by atoms with Crippen LogP contribution < -0.4 is 0 Å². The molecule has 2 aromatic heterocycles. The lowest BCUT2D eigenvalue weighted by molar-refractivity contribution is 0.927. The van der Waals surface area contributed by atoms with Crippen LogP contribution in [0.4, 0.5) is 0 Å². The average Bonchev–Trinajstić information content (AvgIpc) is 2.64. The lowest BCUT2D eigenvalue weighted by Gasteiger charge is -2.02. The van der Waals surface area contributed by atoms with Crippen molar-refractivity contribution in [2.24, 2.45) is 0 Å². The van der Waals surface area contributed by atoms with Crippen LogP contribution in [0.1, 0.15) is 11.5 Å². The molecule has 0 radical (unpaired) electrons. The number of nitrogens with zero attached hydrogens (tertiary/aromatic N) is 2. The summed E-state index contributed by atoms with van der Waals surface area (Å²) in [6.45, 7) is 1.98. The van der Waals surface area contributed by atoms with E-state index in [4.69, 9.17) is 11.6 Å². The molecule has 0 aliphatic carbocycles. The van der Waals surface area contributed by atoms with Crippen LogP contribution in [0.5, 0.6) is 0 Å². The topological polar surface area (TPSA) is 25.8 Å². The number of rotatable bonds is 3. The summed E-state index contributed by atoms with van der Waals surface area (Å²) in [5, 5.41) is 0. The average molecular weight is 318 g/mol. The Morgan fingerprint density at radius 2 is 2.19 bits per heavy atom. The van der Waals surface area contributed by atoms with Crippen LogP contribution in [0.25, 0.3) is 10.6 Å². The number of aryl methyl sites for hydroxylation is 2. The van der Waals surface area contributed by atoms with Gasteiger partial charge in [-0.25, -0.2) is 9.97 Å². The number of hydrogen-bond acceptors (Lipinski definition) is 3. The molecule has 2 rings (SSSR count). The zero-order valence-electron chi connectivity index (χ0n) is 8.70. The monoisotopic (exact) mass is 316 g/mol. The lowest BCUT2D eigenvalue weighted by Crippen LogP contribution is -1.99. The van der Waals surface area contributed by atoms with E-state index in [1.165, 1.54) is 0 Å². The highest BCUT2D eigenvalue weighted by atomic mass is 79.9. The molecule has 5 heteroatoms. The van der Waals surface area contributed by atoms with Crippen LogP contribution in [-0.2, 0) is 6.42 Å². The van der Waals surface area contributed by atoms with Crippen LogP contribution >= 0.6 is 38.9 Å². The van der Waals surface area contributed by atoms with Crippen molar-refractivity contribution in [2.75, 3.05) is 5.88 Å². The molecule has 16 heavy (non-hydrogen) atoms. The summed E-state index contributed by atoms with van der Waals surface area (Å²) >= 11 is 10.8. The second kappa shape index (κ2) is 5.25. The molecule has 84 valence electrons. The summed E-state index contributed by atoms with van der Waals surface area (Å²) in [6, 6.07) is 6.08.